The second-order valence-electron chi connectivity index (χ2n) is 4.34. The van der Waals surface area contributed by atoms with Crippen molar-refractivity contribution in [3.63, 3.8) is 0 Å². The minimum absolute atomic E-state index is 0.0500. The third-order valence-corrected chi connectivity index (χ3v) is 2.91. The molecule has 0 spiro atoms. The first-order valence-corrected chi connectivity index (χ1v) is 6.34. The molecule has 0 aromatic heterocycles. The molecule has 0 unspecified atom stereocenters. The first kappa shape index (κ1) is 14.1. The van der Waals surface area contributed by atoms with Gasteiger partial charge < -0.3 is 10.4 Å². The van der Waals surface area contributed by atoms with Crippen LogP contribution in [-0.4, -0.2) is 18.3 Å². The fraction of sp³-hybridized carbons (Fsp3) is 0.571. The lowest BCUT2D eigenvalue weighted by Gasteiger charge is -2.14. The molecule has 0 aliphatic heterocycles. The Morgan fingerprint density at radius 2 is 1.88 bits per heavy atom. The number of hydrogen-bond donors (Lipinski definition) is 2. The van der Waals surface area contributed by atoms with Crippen LogP contribution < -0.4 is 5.32 Å². The summed E-state index contributed by atoms with van der Waals surface area (Å²) in [6, 6.07) is 6.93. The van der Waals surface area contributed by atoms with E-state index in [1.54, 1.807) is 6.07 Å². The fourth-order valence-corrected chi connectivity index (χ4v) is 1.85. The first-order valence-electron chi connectivity index (χ1n) is 6.34. The highest BCUT2D eigenvalue weighted by atomic mass is 19.1. The summed E-state index contributed by atoms with van der Waals surface area (Å²) in [7, 11) is 0. The molecule has 0 amide bonds. The maximum Gasteiger partial charge on any atom is 0.127 e. The van der Waals surface area contributed by atoms with Crippen LogP contribution in [0.1, 0.15) is 44.2 Å². The molecule has 1 rings (SSSR count). The van der Waals surface area contributed by atoms with Gasteiger partial charge >= 0.3 is 0 Å². The smallest absolute Gasteiger partial charge is 0.127 e. The average molecular weight is 239 g/mol. The quantitative estimate of drug-likeness (QED) is 0.683. The van der Waals surface area contributed by atoms with Crippen molar-refractivity contribution in [1.29, 1.82) is 0 Å². The summed E-state index contributed by atoms with van der Waals surface area (Å²) in [5, 5.41) is 11.9. The van der Waals surface area contributed by atoms with E-state index in [-0.39, 0.29) is 18.5 Å². The van der Waals surface area contributed by atoms with Crippen LogP contribution in [0.15, 0.2) is 24.3 Å². The predicted octanol–water partition coefficient (Wildman–Crippen LogP) is 3.03. The van der Waals surface area contributed by atoms with Crippen LogP contribution in [0.5, 0.6) is 0 Å². The summed E-state index contributed by atoms with van der Waals surface area (Å²) in [4.78, 5) is 0. The molecule has 2 N–H and O–H groups in total. The largest absolute Gasteiger partial charge is 0.396 e. The molecule has 2 nitrogen and oxygen atoms in total. The van der Waals surface area contributed by atoms with Crippen LogP contribution in [0.25, 0.3) is 0 Å². The van der Waals surface area contributed by atoms with Gasteiger partial charge in [0.2, 0.25) is 0 Å². The van der Waals surface area contributed by atoms with Crippen molar-refractivity contribution in [2.45, 2.75) is 38.6 Å². The van der Waals surface area contributed by atoms with E-state index in [1.165, 1.54) is 6.07 Å². The van der Waals surface area contributed by atoms with Crippen LogP contribution in [0.2, 0.25) is 0 Å². The highest BCUT2D eigenvalue weighted by Crippen LogP contribution is 2.15. The maximum atomic E-state index is 13.4. The highest BCUT2D eigenvalue weighted by molar-refractivity contribution is 5.20. The third kappa shape index (κ3) is 5.29. The van der Waals surface area contributed by atoms with Gasteiger partial charge in [-0.3, -0.25) is 0 Å². The Balaban J connectivity index is 2.21. The molecule has 0 heterocycles. The van der Waals surface area contributed by atoms with Crippen LogP contribution in [0.3, 0.4) is 0 Å². The van der Waals surface area contributed by atoms with Gasteiger partial charge in [-0.15, -0.1) is 0 Å². The minimum atomic E-state index is -0.146. The van der Waals surface area contributed by atoms with Crippen molar-refractivity contribution >= 4 is 0 Å². The van der Waals surface area contributed by atoms with Crippen molar-refractivity contribution in [3.05, 3.63) is 35.6 Å². The van der Waals surface area contributed by atoms with Crippen LogP contribution in [0.4, 0.5) is 4.39 Å². The molecule has 96 valence electrons. The lowest BCUT2D eigenvalue weighted by Crippen LogP contribution is -2.20. The van der Waals surface area contributed by atoms with Gasteiger partial charge in [0.1, 0.15) is 5.82 Å². The predicted molar refractivity (Wildman–Crippen MR) is 68.4 cm³/mol. The van der Waals surface area contributed by atoms with Gasteiger partial charge in [0, 0.05) is 18.2 Å². The standard InChI is InChI=1S/C14H22FNO/c1-12(13-8-4-5-9-14(13)15)16-10-6-2-3-7-11-17/h4-5,8-9,12,16-17H,2-3,6-7,10-11H2,1H3/t12-/m1/s1. The molecule has 17 heavy (non-hydrogen) atoms. The number of benzene rings is 1. The Kier molecular flexibility index (Phi) is 6.82. The zero-order valence-corrected chi connectivity index (χ0v) is 10.5. The van der Waals surface area contributed by atoms with Crippen molar-refractivity contribution < 1.29 is 9.50 Å². The lowest BCUT2D eigenvalue weighted by atomic mass is 10.1. The molecule has 0 aliphatic carbocycles. The molecule has 0 aliphatic rings. The average Bonchev–Trinajstić information content (AvgIpc) is 2.34. The Labute approximate surface area is 103 Å². The monoisotopic (exact) mass is 239 g/mol. The second kappa shape index (κ2) is 8.20. The lowest BCUT2D eigenvalue weighted by molar-refractivity contribution is 0.282. The van der Waals surface area contributed by atoms with E-state index < -0.39 is 0 Å². The van der Waals surface area contributed by atoms with Crippen LogP contribution >= 0.6 is 0 Å². The van der Waals surface area contributed by atoms with Crippen LogP contribution in [-0.2, 0) is 0 Å². The van der Waals surface area contributed by atoms with Crippen LogP contribution in [0, 0.1) is 5.82 Å². The molecule has 0 fully saturated rings. The zero-order valence-electron chi connectivity index (χ0n) is 10.5. The number of aliphatic hydroxyl groups is 1. The normalized spacial score (nSPS) is 12.6. The summed E-state index contributed by atoms with van der Waals surface area (Å²) < 4.78 is 13.4. The number of rotatable bonds is 8. The number of nitrogens with one attached hydrogen (secondary N) is 1. The summed E-state index contributed by atoms with van der Waals surface area (Å²) in [6.45, 7) is 3.14. The molecule has 0 bridgehead atoms. The fourth-order valence-electron chi connectivity index (χ4n) is 1.85. The van der Waals surface area contributed by atoms with Gasteiger partial charge in [0.25, 0.3) is 0 Å². The molecule has 0 radical (unpaired) electrons. The minimum Gasteiger partial charge on any atom is -0.396 e. The number of aliphatic hydroxyl groups excluding tert-OH is 1. The summed E-state index contributed by atoms with van der Waals surface area (Å²) in [5.41, 5.74) is 0.725. The van der Waals surface area contributed by atoms with Crippen molar-refractivity contribution in [3.8, 4) is 0 Å². The van der Waals surface area contributed by atoms with E-state index in [0.717, 1.165) is 37.8 Å². The van der Waals surface area contributed by atoms with E-state index in [0.29, 0.717) is 0 Å². The first-order chi connectivity index (χ1) is 8.25. The topological polar surface area (TPSA) is 32.3 Å². The van der Waals surface area contributed by atoms with Crippen molar-refractivity contribution in [1.82, 2.24) is 5.32 Å². The summed E-state index contributed by atoms with van der Waals surface area (Å²) in [6.07, 6.45) is 4.12. The Morgan fingerprint density at radius 3 is 2.59 bits per heavy atom. The second-order valence-corrected chi connectivity index (χ2v) is 4.34. The van der Waals surface area contributed by atoms with E-state index in [9.17, 15) is 4.39 Å². The Hall–Kier alpha value is -0.930. The summed E-state index contributed by atoms with van der Waals surface area (Å²) in [5.74, 6) is -0.146. The molecule has 3 heteroatoms. The Morgan fingerprint density at radius 1 is 1.18 bits per heavy atom. The van der Waals surface area contributed by atoms with E-state index in [2.05, 4.69) is 5.32 Å². The van der Waals surface area contributed by atoms with Crippen molar-refractivity contribution in [2.75, 3.05) is 13.2 Å². The SMILES string of the molecule is C[C@@H](NCCCCCCO)c1ccccc1F. The molecule has 1 aromatic carbocycles. The van der Waals surface area contributed by atoms with Gasteiger partial charge in [0.15, 0.2) is 0 Å². The molecular weight excluding hydrogens is 217 g/mol. The van der Waals surface area contributed by atoms with Gasteiger partial charge in [-0.05, 0) is 32.4 Å². The molecule has 1 atom stereocenters. The molecule has 1 aromatic rings. The van der Waals surface area contributed by atoms with E-state index in [1.807, 2.05) is 19.1 Å². The number of hydrogen-bond acceptors (Lipinski definition) is 2. The Bertz CT molecular complexity index is 317. The zero-order chi connectivity index (χ0) is 12.5. The van der Waals surface area contributed by atoms with Gasteiger partial charge in [-0.1, -0.05) is 31.0 Å². The van der Waals surface area contributed by atoms with Gasteiger partial charge in [-0.2, -0.15) is 0 Å². The van der Waals surface area contributed by atoms with E-state index in [4.69, 9.17) is 5.11 Å². The maximum absolute atomic E-state index is 13.4. The highest BCUT2D eigenvalue weighted by Gasteiger charge is 2.08. The molecule has 0 saturated heterocycles. The molecular formula is C14H22FNO. The number of halogens is 1. The number of unbranched alkanes of at least 4 members (excludes halogenated alkanes) is 3. The summed E-state index contributed by atoms with van der Waals surface area (Å²) >= 11 is 0. The third-order valence-electron chi connectivity index (χ3n) is 2.91. The van der Waals surface area contributed by atoms with Gasteiger partial charge in [0.05, 0.1) is 0 Å². The van der Waals surface area contributed by atoms with Gasteiger partial charge in [-0.25, -0.2) is 4.39 Å². The van der Waals surface area contributed by atoms with Crippen molar-refractivity contribution in [2.24, 2.45) is 0 Å². The molecule has 0 saturated carbocycles. The van der Waals surface area contributed by atoms with E-state index >= 15 is 0 Å².